The molecule has 0 aliphatic carbocycles. The van der Waals surface area contributed by atoms with Gasteiger partial charge in [-0.25, -0.2) is 0 Å². The van der Waals surface area contributed by atoms with Gasteiger partial charge in [-0.15, -0.1) is 0 Å². The Balaban J connectivity index is 1.46. The van der Waals surface area contributed by atoms with E-state index in [1.165, 1.54) is 0 Å². The molecule has 0 saturated carbocycles. The summed E-state index contributed by atoms with van der Waals surface area (Å²) in [6.45, 7) is 2.70. The topological polar surface area (TPSA) is 105 Å². The molecule has 0 radical (unpaired) electrons. The number of carbonyl (C=O) groups is 3. The first-order valence-electron chi connectivity index (χ1n) is 9.23. The normalized spacial score (nSPS) is 28.6. The monoisotopic (exact) mass is 372 g/mol. The Labute approximate surface area is 157 Å². The van der Waals surface area contributed by atoms with Gasteiger partial charge in [-0.2, -0.15) is 0 Å². The van der Waals surface area contributed by atoms with Crippen LogP contribution in [0.25, 0.3) is 0 Å². The molecular formula is C19H24N4O4. The van der Waals surface area contributed by atoms with Crippen molar-refractivity contribution < 1.29 is 19.1 Å². The summed E-state index contributed by atoms with van der Waals surface area (Å²) in [5, 5.41) is 2.32. The van der Waals surface area contributed by atoms with Gasteiger partial charge in [-0.1, -0.05) is 12.1 Å². The Bertz CT molecular complexity index is 796. The zero-order chi connectivity index (χ0) is 19.1. The molecule has 8 heteroatoms. The van der Waals surface area contributed by atoms with Gasteiger partial charge in [0.1, 0.15) is 6.04 Å². The number of carbonyl (C=O) groups excluding carboxylic acids is 3. The molecule has 3 atom stereocenters. The van der Waals surface area contributed by atoms with Crippen molar-refractivity contribution in [2.45, 2.75) is 44.1 Å². The SMILES string of the molecule is CO[C@@H]1CN(Cc2ccc3c(c2)CN(C2CCC(=O)NC2=O)C3=O)C[C@@H]1N. The Morgan fingerprint density at radius 3 is 2.78 bits per heavy atom. The van der Waals surface area contributed by atoms with Crippen LogP contribution in [0.3, 0.4) is 0 Å². The largest absolute Gasteiger partial charge is 0.378 e. The molecule has 4 rings (SSSR count). The number of piperidine rings is 1. The summed E-state index contributed by atoms with van der Waals surface area (Å²) >= 11 is 0. The zero-order valence-electron chi connectivity index (χ0n) is 15.3. The smallest absolute Gasteiger partial charge is 0.255 e. The molecular weight excluding hydrogens is 348 g/mol. The first-order chi connectivity index (χ1) is 13.0. The van der Waals surface area contributed by atoms with E-state index in [9.17, 15) is 14.4 Å². The lowest BCUT2D eigenvalue weighted by Gasteiger charge is -2.29. The van der Waals surface area contributed by atoms with E-state index in [1.54, 1.807) is 12.0 Å². The van der Waals surface area contributed by atoms with Gasteiger partial charge < -0.3 is 15.4 Å². The summed E-state index contributed by atoms with van der Waals surface area (Å²) in [6.07, 6.45) is 0.683. The van der Waals surface area contributed by atoms with E-state index in [4.69, 9.17) is 10.5 Å². The minimum atomic E-state index is -0.579. The number of likely N-dealkylation sites (tertiary alicyclic amines) is 1. The molecule has 27 heavy (non-hydrogen) atoms. The van der Waals surface area contributed by atoms with Crippen molar-refractivity contribution in [2.75, 3.05) is 20.2 Å². The van der Waals surface area contributed by atoms with E-state index in [1.807, 2.05) is 18.2 Å². The number of hydrogen-bond donors (Lipinski definition) is 2. The van der Waals surface area contributed by atoms with E-state index in [0.29, 0.717) is 18.5 Å². The van der Waals surface area contributed by atoms with Gasteiger partial charge in [-0.3, -0.25) is 24.6 Å². The average molecular weight is 372 g/mol. The molecule has 0 spiro atoms. The van der Waals surface area contributed by atoms with Gasteiger partial charge in [0.05, 0.1) is 6.10 Å². The summed E-state index contributed by atoms with van der Waals surface area (Å²) in [5.41, 5.74) is 8.75. The molecule has 3 N–H and O–H groups in total. The van der Waals surface area contributed by atoms with Crippen molar-refractivity contribution in [3.8, 4) is 0 Å². The molecule has 2 fully saturated rings. The summed E-state index contributed by atoms with van der Waals surface area (Å²) in [6, 6.07) is 5.25. The Morgan fingerprint density at radius 2 is 2.07 bits per heavy atom. The van der Waals surface area contributed by atoms with Crippen LogP contribution in [0.5, 0.6) is 0 Å². The fourth-order valence-corrected chi connectivity index (χ4v) is 4.24. The van der Waals surface area contributed by atoms with Gasteiger partial charge in [0.25, 0.3) is 5.91 Å². The number of imide groups is 1. The predicted molar refractivity (Wildman–Crippen MR) is 96.5 cm³/mol. The van der Waals surface area contributed by atoms with Crippen LogP contribution in [0.2, 0.25) is 0 Å². The van der Waals surface area contributed by atoms with Crippen LogP contribution in [-0.2, 0) is 27.4 Å². The molecule has 8 nitrogen and oxygen atoms in total. The van der Waals surface area contributed by atoms with Gasteiger partial charge in [-0.05, 0) is 23.6 Å². The minimum absolute atomic E-state index is 0.00835. The highest BCUT2D eigenvalue weighted by Crippen LogP contribution is 2.28. The van der Waals surface area contributed by atoms with Crippen LogP contribution >= 0.6 is 0 Å². The molecule has 1 aromatic carbocycles. The summed E-state index contributed by atoms with van der Waals surface area (Å²) < 4.78 is 5.40. The number of fused-ring (bicyclic) bond motifs is 1. The maximum absolute atomic E-state index is 12.7. The molecule has 3 heterocycles. The van der Waals surface area contributed by atoms with Gasteiger partial charge in [0.2, 0.25) is 11.8 Å². The van der Waals surface area contributed by atoms with Crippen LogP contribution in [0.4, 0.5) is 0 Å². The second-order valence-corrected chi connectivity index (χ2v) is 7.52. The van der Waals surface area contributed by atoms with Gasteiger partial charge >= 0.3 is 0 Å². The van der Waals surface area contributed by atoms with Crippen molar-refractivity contribution in [3.05, 3.63) is 34.9 Å². The van der Waals surface area contributed by atoms with Crippen molar-refractivity contribution >= 4 is 17.7 Å². The average Bonchev–Trinajstić information content (AvgIpc) is 3.14. The molecule has 1 aromatic rings. The van der Waals surface area contributed by atoms with Gasteiger partial charge in [0, 0.05) is 51.3 Å². The number of nitrogens with one attached hydrogen (secondary N) is 1. The molecule has 3 aliphatic rings. The summed E-state index contributed by atoms with van der Waals surface area (Å²) in [5.74, 6) is -0.807. The lowest BCUT2D eigenvalue weighted by Crippen LogP contribution is -2.52. The summed E-state index contributed by atoms with van der Waals surface area (Å²) in [7, 11) is 1.68. The highest BCUT2D eigenvalue weighted by atomic mass is 16.5. The Morgan fingerprint density at radius 1 is 1.26 bits per heavy atom. The molecule has 3 amide bonds. The van der Waals surface area contributed by atoms with Crippen LogP contribution < -0.4 is 11.1 Å². The Kier molecular flexibility index (Phi) is 4.71. The third kappa shape index (κ3) is 3.36. The molecule has 2 saturated heterocycles. The maximum atomic E-state index is 12.7. The summed E-state index contributed by atoms with van der Waals surface area (Å²) in [4.78, 5) is 40.0. The third-order valence-corrected chi connectivity index (χ3v) is 5.68. The number of amides is 3. The number of ether oxygens (including phenoxy) is 1. The second-order valence-electron chi connectivity index (χ2n) is 7.52. The van der Waals surface area contributed by atoms with Crippen LogP contribution in [-0.4, -0.2) is 65.9 Å². The lowest BCUT2D eigenvalue weighted by atomic mass is 10.0. The zero-order valence-corrected chi connectivity index (χ0v) is 15.3. The van der Waals surface area contributed by atoms with E-state index in [0.717, 1.165) is 30.8 Å². The number of benzene rings is 1. The molecule has 0 aromatic heterocycles. The third-order valence-electron chi connectivity index (χ3n) is 5.68. The fourth-order valence-electron chi connectivity index (χ4n) is 4.24. The molecule has 3 aliphatic heterocycles. The lowest BCUT2D eigenvalue weighted by molar-refractivity contribution is -0.136. The van der Waals surface area contributed by atoms with Gasteiger partial charge in [0.15, 0.2) is 0 Å². The van der Waals surface area contributed by atoms with E-state index < -0.39 is 6.04 Å². The highest BCUT2D eigenvalue weighted by Gasteiger charge is 2.39. The fraction of sp³-hybridized carbons (Fsp3) is 0.526. The van der Waals surface area contributed by atoms with Crippen LogP contribution in [0.1, 0.15) is 34.3 Å². The predicted octanol–water partition coefficient (Wildman–Crippen LogP) is -0.394. The van der Waals surface area contributed by atoms with Crippen LogP contribution in [0.15, 0.2) is 18.2 Å². The van der Waals surface area contributed by atoms with Crippen molar-refractivity contribution in [3.63, 3.8) is 0 Å². The van der Waals surface area contributed by atoms with E-state index in [-0.39, 0.29) is 36.3 Å². The molecule has 1 unspecified atom stereocenters. The number of nitrogens with two attached hydrogens (primary N) is 1. The van der Waals surface area contributed by atoms with Crippen molar-refractivity contribution in [1.29, 1.82) is 0 Å². The standard InChI is InChI=1S/C19H24N4O4/c1-27-16-10-22(9-14(16)20)7-11-2-3-13-12(6-11)8-23(19(13)26)15-4-5-17(24)21-18(15)25/h2-3,6,14-16H,4-5,7-10,20H2,1H3,(H,21,24,25)/t14-,15?,16+/m0/s1. The number of hydrogen-bond acceptors (Lipinski definition) is 6. The van der Waals surface area contributed by atoms with Crippen molar-refractivity contribution in [1.82, 2.24) is 15.1 Å². The quantitative estimate of drug-likeness (QED) is 0.697. The van der Waals surface area contributed by atoms with Crippen molar-refractivity contribution in [2.24, 2.45) is 5.73 Å². The first kappa shape index (κ1) is 18.1. The number of methoxy groups -OCH3 is 1. The highest BCUT2D eigenvalue weighted by molar-refractivity contribution is 6.05. The van der Waals surface area contributed by atoms with E-state index >= 15 is 0 Å². The Hall–Kier alpha value is -2.29. The van der Waals surface area contributed by atoms with Crippen LogP contribution in [0, 0.1) is 0 Å². The van der Waals surface area contributed by atoms with E-state index in [2.05, 4.69) is 10.2 Å². The number of nitrogens with zero attached hydrogens (tertiary/aromatic N) is 2. The minimum Gasteiger partial charge on any atom is -0.378 e. The second kappa shape index (κ2) is 7.03. The molecule has 144 valence electrons. The first-order valence-corrected chi connectivity index (χ1v) is 9.23. The maximum Gasteiger partial charge on any atom is 0.255 e. The number of rotatable bonds is 4. The molecule has 0 bridgehead atoms.